The van der Waals surface area contributed by atoms with Gasteiger partial charge in [0.25, 0.3) is 11.8 Å². The van der Waals surface area contributed by atoms with E-state index in [0.717, 1.165) is 5.56 Å². The van der Waals surface area contributed by atoms with E-state index < -0.39 is 52.5 Å². The van der Waals surface area contributed by atoms with Crippen LogP contribution < -0.4 is 15.9 Å². The third kappa shape index (κ3) is 5.38. The molecule has 1 aromatic heterocycles. The maximum Gasteiger partial charge on any atom is 0.274 e. The fourth-order valence-corrected chi connectivity index (χ4v) is 6.71. The summed E-state index contributed by atoms with van der Waals surface area (Å²) in [6.45, 7) is 1.73. The number of carbonyl (C=O) groups is 2. The third-order valence-corrected chi connectivity index (χ3v) is 9.15. The van der Waals surface area contributed by atoms with Gasteiger partial charge in [-0.3, -0.25) is 24.1 Å². The Hall–Kier alpha value is -4.20. The summed E-state index contributed by atoms with van der Waals surface area (Å²) in [5, 5.41) is 1.47. The van der Waals surface area contributed by atoms with Crippen molar-refractivity contribution in [3.63, 3.8) is 0 Å². The third-order valence-electron chi connectivity index (χ3n) is 9.15. The van der Waals surface area contributed by atoms with Crippen LogP contribution in [0.5, 0.6) is 5.75 Å². The van der Waals surface area contributed by atoms with Gasteiger partial charge in [0.15, 0.2) is 11.4 Å². The first kappa shape index (κ1) is 30.8. The molecule has 4 atom stereocenters. The lowest BCUT2D eigenvalue weighted by Gasteiger charge is -2.43. The number of benzene rings is 2. The van der Waals surface area contributed by atoms with Gasteiger partial charge in [-0.1, -0.05) is 30.3 Å². The first-order valence-electron chi connectivity index (χ1n) is 14.7. The van der Waals surface area contributed by atoms with Gasteiger partial charge in [0.1, 0.15) is 35.2 Å². The molecule has 4 heterocycles. The smallest absolute Gasteiger partial charge is 0.274 e. The standard InChI is InChI=1S/C32H34F3N5O5/c1-18-9-10-32(13-26(37(2)3)40(45-32)15-21-23(34)11-20(33)12-24(21)35)25-16-38(18)31(43)27-29(44-17-19-7-5-4-6-8-19)28(41)22(30(36)42)14-39(25)27/h4-8,11-12,14,18,25-26H,9-10,13,15-17H2,1-3H3,(H2,36,42)/t18-,25+,26?,32-/m0/s1. The van der Waals surface area contributed by atoms with Crippen LogP contribution in [0.15, 0.2) is 53.5 Å². The molecule has 1 spiro atoms. The summed E-state index contributed by atoms with van der Waals surface area (Å²) in [5.41, 5.74) is 3.85. The Morgan fingerprint density at radius 1 is 1.13 bits per heavy atom. The Bertz CT molecular complexity index is 1690. The molecule has 6 rings (SSSR count). The molecule has 0 aliphatic carbocycles. The van der Waals surface area contributed by atoms with E-state index >= 15 is 0 Å². The average molecular weight is 626 g/mol. The van der Waals surface area contributed by atoms with Crippen molar-refractivity contribution in [3.8, 4) is 5.75 Å². The summed E-state index contributed by atoms with van der Waals surface area (Å²) in [6, 6.07) is 9.44. The highest BCUT2D eigenvalue weighted by Gasteiger charge is 2.57. The predicted octanol–water partition coefficient (Wildman–Crippen LogP) is 3.59. The summed E-state index contributed by atoms with van der Waals surface area (Å²) in [6.07, 6.45) is 2.14. The zero-order valence-electron chi connectivity index (χ0n) is 25.1. The highest BCUT2D eigenvalue weighted by atomic mass is 19.1. The number of aromatic nitrogens is 1. The molecule has 2 aromatic carbocycles. The zero-order valence-corrected chi connectivity index (χ0v) is 25.1. The predicted molar refractivity (Wildman–Crippen MR) is 157 cm³/mol. The number of rotatable bonds is 7. The van der Waals surface area contributed by atoms with Gasteiger partial charge in [-0.2, -0.15) is 5.06 Å². The molecule has 45 heavy (non-hydrogen) atoms. The van der Waals surface area contributed by atoms with E-state index in [4.69, 9.17) is 15.3 Å². The number of amides is 2. The van der Waals surface area contributed by atoms with Gasteiger partial charge in [-0.15, -0.1) is 0 Å². The molecule has 2 saturated heterocycles. The molecule has 2 bridgehead atoms. The number of hydroxylamine groups is 2. The number of carbonyl (C=O) groups excluding carboxylic acids is 2. The number of halogens is 3. The molecule has 3 aliphatic heterocycles. The zero-order chi connectivity index (χ0) is 32.2. The second-order valence-corrected chi connectivity index (χ2v) is 12.2. The number of hydrogen-bond acceptors (Lipinski definition) is 7. The molecule has 2 amide bonds. The Kier molecular flexibility index (Phi) is 7.96. The second kappa shape index (κ2) is 11.6. The normalized spacial score (nSPS) is 24.6. The summed E-state index contributed by atoms with van der Waals surface area (Å²) >= 11 is 0. The van der Waals surface area contributed by atoms with E-state index in [1.807, 2.05) is 30.0 Å². The molecular weight excluding hydrogens is 591 g/mol. The summed E-state index contributed by atoms with van der Waals surface area (Å²) < 4.78 is 50.8. The lowest BCUT2D eigenvalue weighted by molar-refractivity contribution is -0.237. The molecule has 2 N–H and O–H groups in total. The van der Waals surface area contributed by atoms with Crippen LogP contribution in [0.3, 0.4) is 0 Å². The number of fused-ring (bicyclic) bond motifs is 5. The van der Waals surface area contributed by atoms with Crippen molar-refractivity contribution in [1.29, 1.82) is 0 Å². The van der Waals surface area contributed by atoms with E-state index in [0.29, 0.717) is 31.4 Å². The maximum atomic E-state index is 14.8. The molecule has 0 radical (unpaired) electrons. The highest BCUT2D eigenvalue weighted by molar-refractivity contribution is 5.99. The fourth-order valence-electron chi connectivity index (χ4n) is 6.71. The van der Waals surface area contributed by atoms with Crippen LogP contribution in [0, 0.1) is 17.5 Å². The first-order chi connectivity index (χ1) is 21.4. The molecular formula is C32H34F3N5O5. The number of pyridine rings is 1. The van der Waals surface area contributed by atoms with Crippen molar-refractivity contribution < 1.29 is 32.3 Å². The monoisotopic (exact) mass is 625 g/mol. The van der Waals surface area contributed by atoms with Crippen LogP contribution in [0.4, 0.5) is 13.2 Å². The van der Waals surface area contributed by atoms with E-state index in [-0.39, 0.29) is 48.3 Å². The van der Waals surface area contributed by atoms with Gasteiger partial charge < -0.3 is 19.9 Å². The van der Waals surface area contributed by atoms with E-state index in [1.54, 1.807) is 35.7 Å². The van der Waals surface area contributed by atoms with Crippen LogP contribution >= 0.6 is 0 Å². The van der Waals surface area contributed by atoms with E-state index in [1.165, 1.54) is 11.3 Å². The Morgan fingerprint density at radius 3 is 2.47 bits per heavy atom. The lowest BCUT2D eigenvalue weighted by Crippen LogP contribution is -2.52. The Morgan fingerprint density at radius 2 is 1.82 bits per heavy atom. The molecule has 13 heteroatoms. The molecule has 1 unspecified atom stereocenters. The van der Waals surface area contributed by atoms with E-state index in [2.05, 4.69) is 0 Å². The summed E-state index contributed by atoms with van der Waals surface area (Å²) in [5.74, 6) is -4.79. The maximum absolute atomic E-state index is 14.8. The van der Waals surface area contributed by atoms with E-state index in [9.17, 15) is 27.6 Å². The van der Waals surface area contributed by atoms with Crippen LogP contribution in [-0.4, -0.2) is 69.7 Å². The average Bonchev–Trinajstić information content (AvgIpc) is 3.31. The van der Waals surface area contributed by atoms with Crippen molar-refractivity contribution in [3.05, 3.63) is 98.7 Å². The van der Waals surface area contributed by atoms with Crippen molar-refractivity contribution >= 4 is 11.8 Å². The molecule has 2 fully saturated rings. The highest BCUT2D eigenvalue weighted by Crippen LogP contribution is 2.49. The van der Waals surface area contributed by atoms with Crippen LogP contribution in [0.25, 0.3) is 0 Å². The SMILES string of the molecule is C[C@H]1CC[C@]2(CC(N(C)C)N(Cc3c(F)cc(F)cc3F)O2)[C@H]2CN1C(=O)c1c(OCc3ccccc3)c(=O)c(C(N)=O)cn12. The Labute approximate surface area is 257 Å². The largest absolute Gasteiger partial charge is 0.483 e. The van der Waals surface area contributed by atoms with Crippen molar-refractivity contribution in [2.45, 2.75) is 63.2 Å². The number of nitrogens with two attached hydrogens (primary N) is 1. The lowest BCUT2D eigenvalue weighted by atomic mass is 9.84. The minimum atomic E-state index is -1.04. The molecule has 3 aliphatic rings. The number of primary amides is 1. The Balaban J connectivity index is 1.47. The summed E-state index contributed by atoms with van der Waals surface area (Å²) in [4.78, 5) is 50.3. The van der Waals surface area contributed by atoms with Crippen molar-refractivity contribution in [2.24, 2.45) is 5.73 Å². The topological polar surface area (TPSA) is 110 Å². The van der Waals surface area contributed by atoms with Gasteiger partial charge in [0.2, 0.25) is 5.43 Å². The number of nitrogens with zero attached hydrogens (tertiary/aromatic N) is 4. The van der Waals surface area contributed by atoms with Crippen LogP contribution in [0.1, 0.15) is 64.2 Å². The van der Waals surface area contributed by atoms with Crippen LogP contribution in [0.2, 0.25) is 0 Å². The minimum Gasteiger partial charge on any atom is -0.483 e. The minimum absolute atomic E-state index is 0.0237. The number of ether oxygens (including phenoxy) is 1. The van der Waals surface area contributed by atoms with Crippen molar-refractivity contribution in [2.75, 3.05) is 20.6 Å². The first-order valence-corrected chi connectivity index (χ1v) is 14.7. The molecule has 238 valence electrons. The van der Waals surface area contributed by atoms with Gasteiger partial charge >= 0.3 is 0 Å². The fraction of sp³-hybridized carbons (Fsp3) is 0.406. The van der Waals surface area contributed by atoms with Crippen LogP contribution in [-0.2, 0) is 18.0 Å². The number of hydrogen-bond donors (Lipinski definition) is 1. The second-order valence-electron chi connectivity index (χ2n) is 12.2. The quantitative estimate of drug-likeness (QED) is 0.428. The van der Waals surface area contributed by atoms with Crippen molar-refractivity contribution in [1.82, 2.24) is 19.4 Å². The van der Waals surface area contributed by atoms with Gasteiger partial charge in [-0.25, -0.2) is 13.2 Å². The van der Waals surface area contributed by atoms with Gasteiger partial charge in [-0.05, 0) is 39.4 Å². The van der Waals surface area contributed by atoms with Gasteiger partial charge in [0.05, 0.1) is 18.8 Å². The molecule has 3 aromatic rings. The molecule has 0 saturated carbocycles. The van der Waals surface area contributed by atoms with Gasteiger partial charge in [0, 0.05) is 42.9 Å². The summed E-state index contributed by atoms with van der Waals surface area (Å²) in [7, 11) is 3.61. The molecule has 10 nitrogen and oxygen atoms in total.